The minimum atomic E-state index is -4.44. The van der Waals surface area contributed by atoms with Crippen molar-refractivity contribution in [3.63, 3.8) is 0 Å². The summed E-state index contributed by atoms with van der Waals surface area (Å²) in [7, 11) is 0. The molecule has 41 heavy (non-hydrogen) atoms. The third-order valence-electron chi connectivity index (χ3n) is 7.86. The molecule has 1 unspecified atom stereocenters. The number of nitrogens with zero attached hydrogens (tertiary/aromatic N) is 2. The summed E-state index contributed by atoms with van der Waals surface area (Å²) < 4.78 is 39.5. The van der Waals surface area contributed by atoms with E-state index in [9.17, 15) is 22.8 Å². The average molecular weight is 623 g/mol. The van der Waals surface area contributed by atoms with Crippen molar-refractivity contribution < 1.29 is 22.8 Å². The number of halogens is 4. The van der Waals surface area contributed by atoms with E-state index in [1.54, 1.807) is 4.90 Å². The molecule has 2 aliphatic heterocycles. The predicted octanol–water partition coefficient (Wildman–Crippen LogP) is 7.70. The molecule has 0 radical (unpaired) electrons. The maximum absolute atomic E-state index is 13.9. The molecule has 0 aliphatic carbocycles. The molecule has 2 aliphatic rings. The normalized spacial score (nSPS) is 17.3. The molecule has 4 aromatic rings. The summed E-state index contributed by atoms with van der Waals surface area (Å²) in [6.07, 6.45) is -3.45. The summed E-state index contributed by atoms with van der Waals surface area (Å²) in [4.78, 5) is 33.2. The van der Waals surface area contributed by atoms with Crippen molar-refractivity contribution in [2.45, 2.75) is 24.9 Å². The van der Waals surface area contributed by atoms with Gasteiger partial charge in [0.1, 0.15) is 0 Å². The second-order valence-electron chi connectivity index (χ2n) is 10.4. The third-order valence-corrected chi connectivity index (χ3v) is 8.35. The van der Waals surface area contributed by atoms with Crippen molar-refractivity contribution in [1.82, 2.24) is 9.88 Å². The van der Waals surface area contributed by atoms with Gasteiger partial charge in [-0.05, 0) is 73.0 Å². The number of pyridine rings is 1. The summed E-state index contributed by atoms with van der Waals surface area (Å²) in [5.74, 6) is -0.214. The largest absolute Gasteiger partial charge is 0.416 e. The summed E-state index contributed by atoms with van der Waals surface area (Å²) in [6, 6.07) is 19.7. The Morgan fingerprint density at radius 2 is 1.71 bits per heavy atom. The zero-order valence-electron chi connectivity index (χ0n) is 21.8. The fourth-order valence-corrected chi connectivity index (χ4v) is 6.04. The quantitative estimate of drug-likeness (QED) is 0.229. The van der Waals surface area contributed by atoms with Crippen LogP contribution < -0.4 is 10.6 Å². The number of para-hydroxylation sites is 1. The van der Waals surface area contributed by atoms with Crippen LogP contribution in [0.15, 0.2) is 77.3 Å². The van der Waals surface area contributed by atoms with Gasteiger partial charge >= 0.3 is 12.2 Å². The van der Waals surface area contributed by atoms with Crippen LogP contribution >= 0.6 is 15.9 Å². The van der Waals surface area contributed by atoms with E-state index in [1.165, 1.54) is 12.1 Å². The number of likely N-dealkylation sites (tertiary alicyclic amines) is 1. The number of anilines is 2. The summed E-state index contributed by atoms with van der Waals surface area (Å²) in [5.41, 5.74) is 3.95. The topological polar surface area (TPSA) is 74.3 Å². The molecule has 210 valence electrons. The molecule has 0 spiro atoms. The SMILES string of the molecule is O=C(c1cc(C2CNc3ccc(Br)cc32)nc2ccccc12)C1CCN(C(=O)Nc2ccc(C(F)(F)F)cc2)CC1. The first-order valence-electron chi connectivity index (χ1n) is 13.4. The average Bonchev–Trinajstić information content (AvgIpc) is 3.39. The van der Waals surface area contributed by atoms with E-state index in [-0.39, 0.29) is 23.3 Å². The molecule has 1 saturated heterocycles. The molecular weight excluding hydrogens is 597 g/mol. The summed E-state index contributed by atoms with van der Waals surface area (Å²) >= 11 is 3.56. The van der Waals surface area contributed by atoms with Crippen LogP contribution in [0, 0.1) is 5.92 Å². The highest BCUT2D eigenvalue weighted by atomic mass is 79.9. The lowest BCUT2D eigenvalue weighted by atomic mass is 9.86. The first-order valence-corrected chi connectivity index (χ1v) is 14.2. The number of hydrogen-bond donors (Lipinski definition) is 2. The number of amides is 2. The Bertz CT molecular complexity index is 1630. The molecule has 0 bridgehead atoms. The number of benzene rings is 3. The van der Waals surface area contributed by atoms with Gasteiger partial charge in [-0.25, -0.2) is 4.79 Å². The molecule has 1 fully saturated rings. The van der Waals surface area contributed by atoms with Crippen LogP contribution in [0.5, 0.6) is 0 Å². The fourth-order valence-electron chi connectivity index (χ4n) is 5.66. The van der Waals surface area contributed by atoms with Crippen LogP contribution in [0.4, 0.5) is 29.3 Å². The van der Waals surface area contributed by atoms with E-state index in [2.05, 4.69) is 32.6 Å². The van der Waals surface area contributed by atoms with E-state index >= 15 is 0 Å². The molecule has 6 rings (SSSR count). The van der Waals surface area contributed by atoms with Crippen LogP contribution in [-0.4, -0.2) is 41.3 Å². The van der Waals surface area contributed by atoms with Gasteiger partial charge in [0.2, 0.25) is 0 Å². The number of piperidine rings is 1. The molecule has 10 heteroatoms. The number of carbonyl (C=O) groups is 2. The third kappa shape index (κ3) is 5.53. The highest BCUT2D eigenvalue weighted by Gasteiger charge is 2.32. The number of rotatable bonds is 4. The summed E-state index contributed by atoms with van der Waals surface area (Å²) in [5, 5.41) is 6.91. The molecule has 0 saturated carbocycles. The molecule has 3 aromatic carbocycles. The molecule has 1 atom stereocenters. The minimum Gasteiger partial charge on any atom is -0.384 e. The van der Waals surface area contributed by atoms with Gasteiger partial charge in [-0.3, -0.25) is 9.78 Å². The van der Waals surface area contributed by atoms with Gasteiger partial charge in [-0.2, -0.15) is 13.2 Å². The Kier molecular flexibility index (Phi) is 7.19. The number of fused-ring (bicyclic) bond motifs is 2. The Morgan fingerprint density at radius 3 is 2.44 bits per heavy atom. The van der Waals surface area contributed by atoms with E-state index in [0.29, 0.717) is 38.0 Å². The standard InChI is InChI=1S/C31H26BrF3N4O2/c32-20-7-10-26-23(15-20)25(17-36-26)28-16-24(22-3-1-2-4-27(22)38-28)29(40)18-11-13-39(14-12-18)30(41)37-21-8-5-19(6-9-21)31(33,34)35/h1-10,15-16,18,25,36H,11-14,17H2,(H,37,41). The van der Waals surface area contributed by atoms with Gasteiger partial charge in [0, 0.05) is 58.3 Å². The smallest absolute Gasteiger partial charge is 0.384 e. The van der Waals surface area contributed by atoms with Crippen molar-refractivity contribution >= 4 is 50.0 Å². The van der Waals surface area contributed by atoms with Crippen LogP contribution in [0.3, 0.4) is 0 Å². The number of hydrogen-bond acceptors (Lipinski definition) is 4. The fraction of sp³-hybridized carbons (Fsp3) is 0.258. The molecular formula is C31H26BrF3N4O2. The van der Waals surface area contributed by atoms with Gasteiger partial charge < -0.3 is 15.5 Å². The molecule has 2 N–H and O–H groups in total. The van der Waals surface area contributed by atoms with Crippen LogP contribution in [0.25, 0.3) is 10.9 Å². The van der Waals surface area contributed by atoms with E-state index in [1.807, 2.05) is 42.5 Å². The molecule has 2 amide bonds. The molecule has 6 nitrogen and oxygen atoms in total. The van der Waals surface area contributed by atoms with E-state index in [4.69, 9.17) is 4.98 Å². The van der Waals surface area contributed by atoms with Crippen molar-refractivity contribution in [3.05, 3.63) is 99.7 Å². The number of Topliss-reactive ketones (excluding diaryl/α,β-unsaturated/α-hetero) is 1. The first kappa shape index (κ1) is 27.3. The van der Waals surface area contributed by atoms with Crippen molar-refractivity contribution in [3.8, 4) is 0 Å². The number of urea groups is 1. The number of aromatic nitrogens is 1. The van der Waals surface area contributed by atoms with E-state index < -0.39 is 17.8 Å². The van der Waals surface area contributed by atoms with Gasteiger partial charge in [-0.15, -0.1) is 0 Å². The Labute approximate surface area is 243 Å². The number of ketones is 1. The Hall–Kier alpha value is -3.92. The Balaban J connectivity index is 1.18. The van der Waals surface area contributed by atoms with Crippen molar-refractivity contribution in [2.75, 3.05) is 30.3 Å². The van der Waals surface area contributed by atoms with Crippen molar-refractivity contribution in [1.29, 1.82) is 0 Å². The predicted molar refractivity (Wildman–Crippen MR) is 155 cm³/mol. The molecule has 1 aromatic heterocycles. The van der Waals surface area contributed by atoms with Gasteiger partial charge in [0.05, 0.1) is 16.8 Å². The van der Waals surface area contributed by atoms with Gasteiger partial charge in [0.25, 0.3) is 0 Å². The molecule has 3 heterocycles. The van der Waals surface area contributed by atoms with Gasteiger partial charge in [-0.1, -0.05) is 34.1 Å². The second kappa shape index (κ2) is 10.8. The van der Waals surface area contributed by atoms with Crippen LogP contribution in [0.2, 0.25) is 0 Å². The van der Waals surface area contributed by atoms with E-state index in [0.717, 1.165) is 44.5 Å². The second-order valence-corrected chi connectivity index (χ2v) is 11.3. The minimum absolute atomic E-state index is 0.00870. The maximum atomic E-state index is 13.9. The lowest BCUT2D eigenvalue weighted by Crippen LogP contribution is -2.42. The first-order chi connectivity index (χ1) is 19.7. The lowest BCUT2D eigenvalue weighted by Gasteiger charge is -2.31. The van der Waals surface area contributed by atoms with Crippen LogP contribution in [0.1, 0.15) is 45.9 Å². The Morgan fingerprint density at radius 1 is 0.976 bits per heavy atom. The summed E-state index contributed by atoms with van der Waals surface area (Å²) in [6.45, 7) is 1.43. The van der Waals surface area contributed by atoms with Crippen molar-refractivity contribution in [2.24, 2.45) is 5.92 Å². The number of nitrogens with one attached hydrogen (secondary N) is 2. The zero-order valence-corrected chi connectivity index (χ0v) is 23.4. The highest BCUT2D eigenvalue weighted by Crippen LogP contribution is 2.39. The highest BCUT2D eigenvalue weighted by molar-refractivity contribution is 9.10. The number of alkyl halides is 3. The lowest BCUT2D eigenvalue weighted by molar-refractivity contribution is -0.137. The zero-order chi connectivity index (χ0) is 28.7. The van der Waals surface area contributed by atoms with Crippen LogP contribution in [-0.2, 0) is 6.18 Å². The maximum Gasteiger partial charge on any atom is 0.416 e. The number of carbonyl (C=O) groups excluding carboxylic acids is 2. The van der Waals surface area contributed by atoms with Gasteiger partial charge in [0.15, 0.2) is 5.78 Å². The monoisotopic (exact) mass is 622 g/mol.